The zero-order valence-electron chi connectivity index (χ0n) is 40.2. The number of amides is 1. The van der Waals surface area contributed by atoms with Crippen LogP contribution in [0.25, 0.3) is 11.1 Å². The van der Waals surface area contributed by atoms with Crippen LogP contribution in [0.4, 0.5) is 0 Å². The van der Waals surface area contributed by atoms with Gasteiger partial charge in [0.25, 0.3) is 0 Å². The Morgan fingerprint density at radius 2 is 1.06 bits per heavy atom. The Bertz CT molecular complexity index is 2300. The average molecular weight is 915 g/mol. The van der Waals surface area contributed by atoms with Gasteiger partial charge < -0.3 is 39.9 Å². The summed E-state index contributed by atoms with van der Waals surface area (Å²) in [5, 5.41) is 12.7. The van der Waals surface area contributed by atoms with Crippen molar-refractivity contribution in [1.29, 1.82) is 0 Å². The summed E-state index contributed by atoms with van der Waals surface area (Å²) in [6.45, 7) is 13.8. The third kappa shape index (κ3) is 15.2. The van der Waals surface area contributed by atoms with Crippen LogP contribution in [0.3, 0.4) is 0 Å². The number of Topliss-reactive ketones (excluding diaryl/α,β-unsaturated/α-hetero) is 1. The van der Waals surface area contributed by atoms with E-state index in [9.17, 15) is 14.4 Å². The lowest BCUT2D eigenvalue weighted by Gasteiger charge is -2.40. The summed E-state index contributed by atoms with van der Waals surface area (Å²) < 4.78 is 25.6. The molecule has 0 aromatic heterocycles. The lowest BCUT2D eigenvalue weighted by Crippen LogP contribution is -2.53. The Hall–Kier alpha value is -5.63. The summed E-state index contributed by atoms with van der Waals surface area (Å²) in [7, 11) is 3.21. The van der Waals surface area contributed by atoms with E-state index in [-0.39, 0.29) is 35.9 Å². The molecule has 352 valence electrons. The Morgan fingerprint density at radius 1 is 0.606 bits per heavy atom. The van der Waals surface area contributed by atoms with E-state index in [4.69, 9.17) is 18.6 Å². The predicted molar refractivity (Wildman–Crippen MR) is 266 cm³/mol. The first-order valence-corrected chi connectivity index (χ1v) is 25.8. The van der Waals surface area contributed by atoms with Gasteiger partial charge in [-0.1, -0.05) is 124 Å². The molecule has 66 heavy (non-hydrogen) atoms. The molecule has 4 N–H and O–H groups in total. The molecule has 0 radical (unpaired) electrons. The van der Waals surface area contributed by atoms with Gasteiger partial charge in [0.2, 0.25) is 5.91 Å². The highest BCUT2D eigenvalue weighted by Crippen LogP contribution is 2.38. The fraction of sp³-hybridized carbons (Fsp3) is 0.389. The maximum atomic E-state index is 14.4. The number of ketones is 1. The minimum atomic E-state index is -2.19. The van der Waals surface area contributed by atoms with Gasteiger partial charge in [0, 0.05) is 13.0 Å². The van der Waals surface area contributed by atoms with E-state index in [1.54, 1.807) is 21.0 Å². The topological polar surface area (TPSA) is 136 Å². The van der Waals surface area contributed by atoms with Gasteiger partial charge in [-0.25, -0.2) is 4.79 Å². The second kappa shape index (κ2) is 24.8. The normalized spacial score (nSPS) is 13.5. The number of benzene rings is 5. The van der Waals surface area contributed by atoms with Crippen molar-refractivity contribution in [2.75, 3.05) is 27.7 Å². The van der Waals surface area contributed by atoms with E-state index in [2.05, 4.69) is 61.2 Å². The van der Waals surface area contributed by atoms with Crippen molar-refractivity contribution in [2.24, 2.45) is 0 Å². The van der Waals surface area contributed by atoms with Crippen LogP contribution in [0.5, 0.6) is 11.5 Å². The maximum Gasteiger partial charge on any atom is 0.329 e. The summed E-state index contributed by atoms with van der Waals surface area (Å²) >= 11 is 0. The van der Waals surface area contributed by atoms with Crippen LogP contribution in [0, 0.1) is 0 Å². The molecule has 12 heteroatoms. The van der Waals surface area contributed by atoms with Crippen LogP contribution in [0.15, 0.2) is 127 Å². The minimum absolute atomic E-state index is 0.0209. The van der Waals surface area contributed by atoms with Crippen molar-refractivity contribution in [1.82, 2.24) is 21.3 Å². The number of hydrogen-bond acceptors (Lipinski definition) is 10. The van der Waals surface area contributed by atoms with Crippen molar-refractivity contribution in [3.63, 3.8) is 0 Å². The van der Waals surface area contributed by atoms with Crippen molar-refractivity contribution < 1.29 is 33.0 Å². The highest BCUT2D eigenvalue weighted by molar-refractivity contribution is 6.74. The van der Waals surface area contributed by atoms with Gasteiger partial charge in [-0.15, -0.1) is 0 Å². The Balaban J connectivity index is 1.52. The number of hydrogen-bond donors (Lipinski definition) is 4. The molecule has 0 saturated carbocycles. The van der Waals surface area contributed by atoms with Crippen molar-refractivity contribution in [2.45, 2.75) is 109 Å². The van der Waals surface area contributed by atoms with Gasteiger partial charge in [0.1, 0.15) is 43.1 Å². The molecule has 5 aromatic rings. The first-order valence-electron chi connectivity index (χ1n) is 22.9. The van der Waals surface area contributed by atoms with Crippen LogP contribution >= 0.6 is 0 Å². The maximum absolute atomic E-state index is 14.4. The summed E-state index contributed by atoms with van der Waals surface area (Å²) in [5.74, 6) is 0.349. The zero-order valence-corrected chi connectivity index (χ0v) is 41.2. The van der Waals surface area contributed by atoms with Gasteiger partial charge in [-0.2, -0.15) is 0 Å². The van der Waals surface area contributed by atoms with Crippen molar-refractivity contribution in [3.8, 4) is 22.6 Å². The van der Waals surface area contributed by atoms with E-state index in [0.29, 0.717) is 49.7 Å². The molecule has 0 bridgehead atoms. The highest BCUT2D eigenvalue weighted by Gasteiger charge is 2.40. The average Bonchev–Trinajstić information content (AvgIpc) is 3.30. The summed E-state index contributed by atoms with van der Waals surface area (Å²) in [5.41, 5.74) is 6.13. The molecule has 0 unspecified atom stereocenters. The predicted octanol–water partition coefficient (Wildman–Crippen LogP) is 8.59. The van der Waals surface area contributed by atoms with E-state index in [1.807, 2.05) is 128 Å². The molecule has 0 saturated heterocycles. The molecule has 1 amide bonds. The van der Waals surface area contributed by atoms with Crippen molar-refractivity contribution in [3.05, 3.63) is 155 Å². The molecule has 4 atom stereocenters. The number of ether oxygens (including phenoxy) is 3. The van der Waals surface area contributed by atoms with Gasteiger partial charge in [-0.05, 0) is 122 Å². The van der Waals surface area contributed by atoms with Crippen LogP contribution in [-0.4, -0.2) is 77.9 Å². The van der Waals surface area contributed by atoms with Gasteiger partial charge in [0.05, 0.1) is 18.2 Å². The van der Waals surface area contributed by atoms with Gasteiger partial charge in [-0.3, -0.25) is 9.59 Å². The first kappa shape index (κ1) is 51.4. The molecule has 5 rings (SSSR count). The molecule has 0 aliphatic carbocycles. The number of rotatable bonds is 25. The first-order chi connectivity index (χ1) is 31.6. The molecule has 0 fully saturated rings. The highest BCUT2D eigenvalue weighted by atomic mass is 28.4. The monoisotopic (exact) mass is 915 g/mol. The number of likely N-dealkylation sites (N-methyl/N-ethyl adjacent to an activating group) is 3. The Morgan fingerprint density at radius 3 is 1.48 bits per heavy atom. The van der Waals surface area contributed by atoms with Crippen LogP contribution in [0.2, 0.25) is 18.1 Å². The van der Waals surface area contributed by atoms with E-state index in [1.165, 1.54) is 0 Å². The van der Waals surface area contributed by atoms with Crippen LogP contribution in [-0.2, 0) is 56.2 Å². The Labute approximate surface area is 393 Å². The van der Waals surface area contributed by atoms with Gasteiger partial charge >= 0.3 is 5.97 Å². The fourth-order valence-corrected chi connectivity index (χ4v) is 8.75. The molecular weight excluding hydrogens is 845 g/mol. The lowest BCUT2D eigenvalue weighted by molar-refractivity contribution is -0.149. The quantitative estimate of drug-likeness (QED) is 0.0333. The number of carbonyl (C=O) groups is 3. The van der Waals surface area contributed by atoms with E-state index < -0.39 is 32.4 Å². The van der Waals surface area contributed by atoms with Crippen molar-refractivity contribution >= 4 is 26.0 Å². The fourth-order valence-electron chi connectivity index (χ4n) is 7.39. The number of nitrogens with one attached hydrogen (secondary N) is 4. The number of carbonyl (C=O) groups excluding carboxylic acids is 3. The summed E-state index contributed by atoms with van der Waals surface area (Å²) in [6, 6.07) is 39.0. The van der Waals surface area contributed by atoms with Crippen LogP contribution < -0.4 is 30.7 Å². The third-order valence-electron chi connectivity index (χ3n) is 12.3. The molecule has 0 aliphatic rings. The lowest BCUT2D eigenvalue weighted by atomic mass is 9.94. The second-order valence-corrected chi connectivity index (χ2v) is 23.1. The van der Waals surface area contributed by atoms with E-state index in [0.717, 1.165) is 33.4 Å². The second-order valence-electron chi connectivity index (χ2n) is 18.3. The smallest absolute Gasteiger partial charge is 0.329 e. The summed E-state index contributed by atoms with van der Waals surface area (Å²) in [6.07, 6.45) is 0.620. The molecule has 0 aliphatic heterocycles. The largest absolute Gasteiger partial charge is 0.489 e. The molecule has 11 nitrogen and oxygen atoms in total. The summed E-state index contributed by atoms with van der Waals surface area (Å²) in [4.78, 5) is 41.4. The molecular formula is C54H70N4O7Si. The minimum Gasteiger partial charge on any atom is -0.489 e. The molecule has 0 spiro atoms. The van der Waals surface area contributed by atoms with Crippen LogP contribution in [0.1, 0.15) is 61.9 Å². The van der Waals surface area contributed by atoms with Gasteiger partial charge in [0.15, 0.2) is 8.32 Å². The standard InChI is InChI=1S/C54H70N4O7Si/c1-38(59)47(56-6)31-44-29-42(25-27-50(44)62-35-39-19-13-10-14-20-39)43-26-28-51(63-36-40-21-15-11-16-22-40)45(30-43)32-49(53(61)64-37-41-23-17-12-18-24-41)58-52(60)48(57-7)33-46(34-55-5)65-66(8,9)54(2,3)4/h10-30,46-49,55-57H,31-37H2,1-9H3,(H,58,60)/t46-,47+,48+,49+/m1/s1. The molecule has 5 aromatic carbocycles. The number of esters is 1. The Kier molecular flexibility index (Phi) is 19.3. The third-order valence-corrected chi connectivity index (χ3v) is 16.8. The van der Waals surface area contributed by atoms with E-state index >= 15 is 0 Å². The SMILES string of the molecule is CNC[C@@H](C[C@H](NC)C(=O)N[C@@H](Cc1cc(-c2ccc(OCc3ccccc3)c(C[C@H](NC)C(C)=O)c2)ccc1OCc1ccccc1)C(=O)OCc1ccccc1)O[Si](C)(C)C(C)(C)C. The zero-order chi connectivity index (χ0) is 47.7. The molecule has 0 heterocycles.